The Bertz CT molecular complexity index is 477. The number of benzene rings is 1. The molecule has 19 heavy (non-hydrogen) atoms. The Labute approximate surface area is 112 Å². The number of likely N-dealkylation sites (tertiary alicyclic amines) is 1. The number of amides is 2. The SMILES string of the molecule is O=C1C2CCC(C2)C(=O)N1[C@H](CO)c1ccccc1. The average molecular weight is 259 g/mol. The summed E-state index contributed by atoms with van der Waals surface area (Å²) in [5, 5.41) is 9.61. The molecule has 100 valence electrons. The van der Waals surface area contributed by atoms with Gasteiger partial charge in [-0.25, -0.2) is 0 Å². The van der Waals surface area contributed by atoms with Gasteiger partial charge in [0, 0.05) is 11.8 Å². The molecule has 2 unspecified atom stereocenters. The van der Waals surface area contributed by atoms with E-state index in [-0.39, 0.29) is 30.3 Å². The van der Waals surface area contributed by atoms with Gasteiger partial charge in [-0.3, -0.25) is 14.5 Å². The lowest BCUT2D eigenvalue weighted by Crippen LogP contribution is -2.49. The molecule has 1 aliphatic carbocycles. The number of hydrogen-bond donors (Lipinski definition) is 1. The summed E-state index contributed by atoms with van der Waals surface area (Å²) in [6.07, 6.45) is 2.30. The van der Waals surface area contributed by atoms with Crippen molar-refractivity contribution < 1.29 is 14.7 Å². The van der Waals surface area contributed by atoms with Gasteiger partial charge in [-0.15, -0.1) is 0 Å². The molecule has 1 aromatic carbocycles. The number of carbonyl (C=O) groups is 2. The fourth-order valence-corrected chi connectivity index (χ4v) is 3.25. The van der Waals surface area contributed by atoms with E-state index in [0.29, 0.717) is 6.42 Å². The Hall–Kier alpha value is -1.68. The first-order chi connectivity index (χ1) is 9.22. The molecule has 2 aliphatic rings. The quantitative estimate of drug-likeness (QED) is 0.837. The molecule has 3 rings (SSSR count). The van der Waals surface area contributed by atoms with Crippen LogP contribution in [0.3, 0.4) is 0 Å². The summed E-state index contributed by atoms with van der Waals surface area (Å²) >= 11 is 0. The zero-order chi connectivity index (χ0) is 13.4. The highest BCUT2D eigenvalue weighted by molar-refractivity contribution is 6.01. The highest BCUT2D eigenvalue weighted by Crippen LogP contribution is 2.41. The van der Waals surface area contributed by atoms with Crippen molar-refractivity contribution in [1.29, 1.82) is 0 Å². The number of nitrogens with zero attached hydrogens (tertiary/aromatic N) is 1. The number of piperidine rings is 1. The summed E-state index contributed by atoms with van der Waals surface area (Å²) in [7, 11) is 0. The number of aliphatic hydroxyl groups is 1. The van der Waals surface area contributed by atoms with Crippen molar-refractivity contribution >= 4 is 11.8 Å². The van der Waals surface area contributed by atoms with E-state index in [4.69, 9.17) is 0 Å². The summed E-state index contributed by atoms with van der Waals surface area (Å²) in [6.45, 7) is -0.221. The van der Waals surface area contributed by atoms with Gasteiger partial charge in [0.2, 0.25) is 11.8 Å². The van der Waals surface area contributed by atoms with E-state index < -0.39 is 6.04 Å². The normalized spacial score (nSPS) is 27.7. The van der Waals surface area contributed by atoms with Crippen molar-refractivity contribution in [1.82, 2.24) is 4.90 Å². The van der Waals surface area contributed by atoms with Gasteiger partial charge in [0.15, 0.2) is 0 Å². The second-order valence-corrected chi connectivity index (χ2v) is 5.36. The molecular weight excluding hydrogens is 242 g/mol. The minimum Gasteiger partial charge on any atom is -0.394 e. The Balaban J connectivity index is 1.95. The number of rotatable bonds is 3. The van der Waals surface area contributed by atoms with Gasteiger partial charge in [0.1, 0.15) is 0 Å². The van der Waals surface area contributed by atoms with Crippen molar-refractivity contribution in [2.75, 3.05) is 6.61 Å². The third kappa shape index (κ3) is 1.96. The number of hydrogen-bond acceptors (Lipinski definition) is 3. The number of aliphatic hydroxyl groups excluding tert-OH is 1. The van der Waals surface area contributed by atoms with Gasteiger partial charge in [0.05, 0.1) is 12.6 Å². The van der Waals surface area contributed by atoms with Crippen molar-refractivity contribution in [2.24, 2.45) is 11.8 Å². The van der Waals surface area contributed by atoms with Crippen LogP contribution >= 0.6 is 0 Å². The Morgan fingerprint density at radius 1 is 1.11 bits per heavy atom. The Morgan fingerprint density at radius 2 is 1.68 bits per heavy atom. The fourth-order valence-electron chi connectivity index (χ4n) is 3.25. The van der Waals surface area contributed by atoms with Gasteiger partial charge in [0.25, 0.3) is 0 Å². The average Bonchev–Trinajstić information content (AvgIpc) is 2.89. The van der Waals surface area contributed by atoms with Crippen LogP contribution in [0.2, 0.25) is 0 Å². The first-order valence-electron chi connectivity index (χ1n) is 6.75. The number of fused-ring (bicyclic) bond motifs is 2. The lowest BCUT2D eigenvalue weighted by molar-refractivity contribution is -0.157. The molecule has 2 bridgehead atoms. The largest absolute Gasteiger partial charge is 0.394 e. The maximum absolute atomic E-state index is 12.4. The van der Waals surface area contributed by atoms with E-state index >= 15 is 0 Å². The first-order valence-corrected chi connectivity index (χ1v) is 6.75. The molecule has 3 atom stereocenters. The molecule has 1 N–H and O–H groups in total. The van der Waals surface area contributed by atoms with Crippen LogP contribution in [-0.2, 0) is 9.59 Å². The molecule has 4 heteroatoms. The maximum atomic E-state index is 12.4. The van der Waals surface area contributed by atoms with Crippen LogP contribution in [0, 0.1) is 11.8 Å². The van der Waals surface area contributed by atoms with Crippen LogP contribution < -0.4 is 0 Å². The predicted octanol–water partition coefficient (Wildman–Crippen LogP) is 1.51. The Morgan fingerprint density at radius 3 is 2.21 bits per heavy atom. The number of imide groups is 1. The van der Waals surface area contributed by atoms with Crippen LogP contribution in [0.5, 0.6) is 0 Å². The summed E-state index contributed by atoms with van der Waals surface area (Å²) in [5.74, 6) is -0.274. The van der Waals surface area contributed by atoms with Crippen molar-refractivity contribution in [2.45, 2.75) is 25.3 Å². The van der Waals surface area contributed by atoms with Gasteiger partial charge < -0.3 is 5.11 Å². The summed E-state index contributed by atoms with van der Waals surface area (Å²) in [6, 6.07) is 8.73. The second kappa shape index (κ2) is 4.78. The Kier molecular flexibility index (Phi) is 3.11. The highest BCUT2D eigenvalue weighted by Gasteiger charge is 2.47. The van der Waals surface area contributed by atoms with Gasteiger partial charge in [-0.1, -0.05) is 30.3 Å². The van der Waals surface area contributed by atoms with Crippen LogP contribution in [0.1, 0.15) is 30.9 Å². The van der Waals surface area contributed by atoms with Crippen LogP contribution in [0.25, 0.3) is 0 Å². The molecule has 0 aromatic heterocycles. The molecule has 1 heterocycles. The maximum Gasteiger partial charge on any atom is 0.232 e. The molecule has 1 aromatic rings. The molecule has 1 saturated carbocycles. The summed E-state index contributed by atoms with van der Waals surface area (Å²) in [5.41, 5.74) is 0.813. The minimum absolute atomic E-state index is 0.0273. The van der Waals surface area contributed by atoms with Crippen LogP contribution in [0.4, 0.5) is 0 Å². The zero-order valence-corrected chi connectivity index (χ0v) is 10.7. The molecule has 2 fully saturated rings. The summed E-state index contributed by atoms with van der Waals surface area (Å²) in [4.78, 5) is 26.0. The molecule has 0 spiro atoms. The third-order valence-corrected chi connectivity index (χ3v) is 4.27. The van der Waals surface area contributed by atoms with E-state index in [2.05, 4.69) is 0 Å². The zero-order valence-electron chi connectivity index (χ0n) is 10.7. The smallest absolute Gasteiger partial charge is 0.232 e. The highest BCUT2D eigenvalue weighted by atomic mass is 16.3. The molecular formula is C15H17NO3. The van der Waals surface area contributed by atoms with Gasteiger partial charge >= 0.3 is 0 Å². The third-order valence-electron chi connectivity index (χ3n) is 4.27. The molecule has 2 amide bonds. The predicted molar refractivity (Wildman–Crippen MR) is 69.0 cm³/mol. The fraction of sp³-hybridized carbons (Fsp3) is 0.467. The topological polar surface area (TPSA) is 57.6 Å². The van der Waals surface area contributed by atoms with Crippen molar-refractivity contribution in [3.05, 3.63) is 35.9 Å². The van der Waals surface area contributed by atoms with Gasteiger partial charge in [-0.05, 0) is 24.8 Å². The molecule has 1 saturated heterocycles. The van der Waals surface area contributed by atoms with E-state index in [0.717, 1.165) is 18.4 Å². The molecule has 1 aliphatic heterocycles. The van der Waals surface area contributed by atoms with E-state index in [1.807, 2.05) is 30.3 Å². The molecule has 4 nitrogen and oxygen atoms in total. The van der Waals surface area contributed by atoms with Gasteiger partial charge in [-0.2, -0.15) is 0 Å². The summed E-state index contributed by atoms with van der Waals surface area (Å²) < 4.78 is 0. The van der Waals surface area contributed by atoms with E-state index in [9.17, 15) is 14.7 Å². The lowest BCUT2D eigenvalue weighted by Gasteiger charge is -2.35. The monoisotopic (exact) mass is 259 g/mol. The van der Waals surface area contributed by atoms with Crippen molar-refractivity contribution in [3.8, 4) is 0 Å². The van der Waals surface area contributed by atoms with Crippen LogP contribution in [0.15, 0.2) is 30.3 Å². The van der Waals surface area contributed by atoms with E-state index in [1.165, 1.54) is 4.90 Å². The van der Waals surface area contributed by atoms with E-state index in [1.54, 1.807) is 0 Å². The lowest BCUT2D eigenvalue weighted by atomic mass is 9.94. The standard InChI is InChI=1S/C15H17NO3/c17-9-13(10-4-2-1-3-5-10)16-14(18)11-6-7-12(8-11)15(16)19/h1-5,11-13,17H,6-9H2/t11?,12?,13-/m1/s1. The first kappa shape index (κ1) is 12.4. The second-order valence-electron chi connectivity index (χ2n) is 5.36. The van der Waals surface area contributed by atoms with Crippen LogP contribution in [-0.4, -0.2) is 28.4 Å². The van der Waals surface area contributed by atoms with Crippen molar-refractivity contribution in [3.63, 3.8) is 0 Å². The number of carbonyl (C=O) groups excluding carboxylic acids is 2. The molecule has 0 radical (unpaired) electrons. The minimum atomic E-state index is -0.537.